The number of nitrogens with one attached hydrogen (secondary N) is 8. The number of aldehydes is 1. The van der Waals surface area contributed by atoms with E-state index in [0.29, 0.717) is 52.4 Å². The van der Waals surface area contributed by atoms with E-state index in [9.17, 15) is 19.2 Å². The fourth-order valence-corrected chi connectivity index (χ4v) is 24.6. The summed E-state index contributed by atoms with van der Waals surface area (Å²) in [6, 6.07) is 68.9. The summed E-state index contributed by atoms with van der Waals surface area (Å²) in [5.41, 5.74) is 30.0. The fraction of sp³-hybridized carbons (Fsp3) is 0.276. The van der Waals surface area contributed by atoms with Crippen molar-refractivity contribution in [1.29, 1.82) is 0 Å². The maximum atomic E-state index is 13.0. The summed E-state index contributed by atoms with van der Waals surface area (Å²) in [7, 11) is 3.11. The zero-order valence-corrected chi connectivity index (χ0v) is 85.6. The molecule has 1 fully saturated rings. The summed E-state index contributed by atoms with van der Waals surface area (Å²) in [5, 5.41) is 15.5. The first-order chi connectivity index (χ1) is 68.4. The van der Waals surface area contributed by atoms with Crippen LogP contribution in [0.15, 0.2) is 255 Å². The van der Waals surface area contributed by atoms with Crippen LogP contribution in [0.1, 0.15) is 253 Å². The highest BCUT2D eigenvalue weighted by Crippen LogP contribution is 2.47. The van der Waals surface area contributed by atoms with Crippen molar-refractivity contribution in [2.75, 3.05) is 37.5 Å². The minimum absolute atomic E-state index is 0.0525. The number of hydrogen-bond acceptors (Lipinski definition) is 8. The highest BCUT2D eigenvalue weighted by molar-refractivity contribution is 9.11. The van der Waals surface area contributed by atoms with E-state index in [1.807, 2.05) is 48.8 Å². The van der Waals surface area contributed by atoms with Crippen molar-refractivity contribution in [2.24, 2.45) is 0 Å². The van der Waals surface area contributed by atoms with Crippen molar-refractivity contribution < 1.29 is 28.7 Å². The van der Waals surface area contributed by atoms with Crippen LogP contribution >= 0.6 is 75.3 Å². The molecule has 24 heteroatoms. The van der Waals surface area contributed by atoms with Gasteiger partial charge in [0.1, 0.15) is 0 Å². The van der Waals surface area contributed by atoms with Crippen LogP contribution in [0.3, 0.4) is 0 Å². The maximum absolute atomic E-state index is 13.0. The molecule has 8 aliphatic rings. The standard InChI is InChI=1S/C23H26BrN3.C21H21BrN2O3.C20H15BrN2O2.C18H15BrN2.C18H18N2O.C16H15ClN2/c24-16-7-12-21-20(15-16)19-5-4-6-22(23(19)26-21)25-17-8-10-18(11-9-17)27-13-2-1-3-14-27;1-26-18-8-4-6-14(20(18)27-2)21(25)24-17-7-3-5-13-15-11-12(22)9-10-16(15)23-19(13)17;21-11-8-9-16-15(10-11)12-6-3-7-17(18(12)22-16)23-19(24)13-4-1-2-5-14(13)20(23)25;1-2-12-8-9-21(11-12)17-5-3-4-14-15-10-13(19)6-7-16(15)20-18(14)17;1-12-5-6-16-15(9-12)14-3-2-4-17(18(14)19-16)20-8-7-13(10-20)11-21;17-11-6-7-14-13(10-11)12-4-3-5-15(16(12)18-14)19-8-1-2-9-19/h7-12,15,22,25-26H,1-6,13-14H2;4,6,8-11,17,23H,3,5,7H2,1-2H3,(H,24,25);1-2,4-5,8-10,17,22H,3,6-7H2;1,6-11,17,20H,3-5H2;5-11,17,19H,2-4H2,1H3;1-2,6-10,15,18H,3-5H2. The lowest BCUT2D eigenvalue weighted by atomic mass is 9.90. The number of benzene rings is 9. The molecule has 19 nitrogen and oxygen atoms in total. The molecular formula is C116H110Br4ClN13O6. The van der Waals surface area contributed by atoms with Crippen molar-refractivity contribution >= 4 is 176 Å². The number of nitrogens with zero attached hydrogens (tertiary/aromatic N) is 5. The predicted molar refractivity (Wildman–Crippen MR) is 577 cm³/mol. The summed E-state index contributed by atoms with van der Waals surface area (Å²) in [6.45, 7) is 4.54. The second kappa shape index (κ2) is 40.9. The number of piperidine rings is 1. The number of rotatable bonds is 12. The van der Waals surface area contributed by atoms with Gasteiger partial charge in [0.05, 0.1) is 67.2 Å². The van der Waals surface area contributed by atoms with Gasteiger partial charge in [-0.25, -0.2) is 0 Å². The summed E-state index contributed by atoms with van der Waals surface area (Å²) in [6.07, 6.45) is 42.6. The van der Waals surface area contributed by atoms with Gasteiger partial charge in [0.2, 0.25) is 0 Å². The van der Waals surface area contributed by atoms with Crippen LogP contribution in [-0.2, 0) is 38.5 Å². The molecule has 9 aromatic carbocycles. The molecule has 140 heavy (non-hydrogen) atoms. The Labute approximate surface area is 852 Å². The molecular weight excluding hydrogens is 2030 g/mol. The van der Waals surface area contributed by atoms with Crippen LogP contribution in [0.25, 0.3) is 65.4 Å². The third kappa shape index (κ3) is 18.8. The van der Waals surface area contributed by atoms with Crippen molar-refractivity contribution in [1.82, 2.24) is 53.8 Å². The SMILES string of the molecule is Brc1ccc2[nH]c3c(c2c1)CCCC3Nc1ccc(N2CCCCC2)cc1.C#Cc1ccn(C2CCCc3c2[nH]c2ccc(Br)cc32)c1.COc1cccc(C(=O)NC2CCCc3c2[nH]c2ccc(Br)cc32)c1OC.Cc1ccc2[nH]c3c(c2c1)CCCC3n1ccc(C=O)c1.Clc1ccc2[nH]c3c(c2c1)CCCC3n1cccc1.O=C1c2ccccc2C(=O)N1C1CCCc2c1[nH]c1ccc(Br)cc21. The number of aromatic amines is 6. The zero-order chi connectivity index (χ0) is 95.9. The molecule has 26 rings (SSSR count). The lowest BCUT2D eigenvalue weighted by Crippen LogP contribution is -2.36. The highest BCUT2D eigenvalue weighted by atomic mass is 79.9. The topological polar surface area (TPSA) is 227 Å². The Bertz CT molecular complexity index is 7730. The van der Waals surface area contributed by atoms with Gasteiger partial charge in [-0.1, -0.05) is 111 Å². The number of anilines is 2. The molecule has 18 aromatic rings. The minimum Gasteiger partial charge on any atom is -0.493 e. The van der Waals surface area contributed by atoms with Gasteiger partial charge < -0.3 is 68.6 Å². The number of aromatic nitrogens is 9. The van der Waals surface area contributed by atoms with Crippen LogP contribution in [0.4, 0.5) is 11.4 Å². The quantitative estimate of drug-likeness (QED) is 0.0333. The number of ether oxygens (including phenoxy) is 2. The lowest BCUT2D eigenvalue weighted by Gasteiger charge is -2.29. The third-order valence-electron chi connectivity index (χ3n) is 29.6. The van der Waals surface area contributed by atoms with Gasteiger partial charge in [-0.2, -0.15) is 0 Å². The number of halogens is 5. The smallest absolute Gasteiger partial charge is 0.262 e. The summed E-state index contributed by atoms with van der Waals surface area (Å²) >= 11 is 20.4. The predicted octanol–water partition coefficient (Wildman–Crippen LogP) is 29.0. The number of aryl methyl sites for hydroxylation is 7. The van der Waals surface area contributed by atoms with Crippen molar-refractivity contribution in [2.45, 2.75) is 178 Å². The number of para-hydroxylation sites is 1. The van der Waals surface area contributed by atoms with Crippen LogP contribution in [-0.4, -0.2) is 99.8 Å². The number of carbonyl (C=O) groups is 4. The number of imide groups is 1. The second-order valence-electron chi connectivity index (χ2n) is 38.0. The van der Waals surface area contributed by atoms with Crippen LogP contribution < -0.4 is 25.0 Å². The van der Waals surface area contributed by atoms with E-state index in [0.717, 1.165) is 140 Å². The van der Waals surface area contributed by atoms with Crippen LogP contribution in [0.5, 0.6) is 11.5 Å². The summed E-state index contributed by atoms with van der Waals surface area (Å²) in [4.78, 5) is 75.1. The lowest BCUT2D eigenvalue weighted by molar-refractivity contribution is 0.0562. The molecule has 6 unspecified atom stereocenters. The molecule has 6 atom stereocenters. The Hall–Kier alpha value is -12.7. The maximum Gasteiger partial charge on any atom is 0.262 e. The fourth-order valence-electron chi connectivity index (χ4n) is 23.0. The van der Waals surface area contributed by atoms with E-state index >= 15 is 0 Å². The highest BCUT2D eigenvalue weighted by Gasteiger charge is 2.43. The van der Waals surface area contributed by atoms with Crippen LogP contribution in [0.2, 0.25) is 5.02 Å². The van der Waals surface area contributed by atoms with E-state index in [1.165, 1.54) is 203 Å². The molecule has 6 aliphatic carbocycles. The van der Waals surface area contributed by atoms with Gasteiger partial charge in [0.25, 0.3) is 17.7 Å². The number of methoxy groups -OCH3 is 2. The molecule has 3 amide bonds. The van der Waals surface area contributed by atoms with Gasteiger partial charge in [-0.05, 0) is 351 Å². The molecule has 0 radical (unpaired) electrons. The Morgan fingerprint density at radius 2 is 0.871 bits per heavy atom. The van der Waals surface area contributed by atoms with Gasteiger partial charge in [-0.3, -0.25) is 24.1 Å². The van der Waals surface area contributed by atoms with Gasteiger partial charge in [0, 0.05) is 195 Å². The third-order valence-corrected chi connectivity index (χ3v) is 31.8. The summed E-state index contributed by atoms with van der Waals surface area (Å²) in [5.74, 6) is 3.18. The largest absolute Gasteiger partial charge is 0.493 e. The zero-order valence-electron chi connectivity index (χ0n) is 78.5. The second-order valence-corrected chi connectivity index (χ2v) is 42.1. The number of hydrogen-bond donors (Lipinski definition) is 8. The first kappa shape index (κ1) is 93.6. The van der Waals surface area contributed by atoms with E-state index in [4.69, 9.17) is 27.5 Å². The molecule has 0 bridgehead atoms. The molecule has 1 saturated heterocycles. The Morgan fingerprint density at radius 1 is 0.436 bits per heavy atom. The first-order valence-electron chi connectivity index (χ1n) is 49.0. The van der Waals surface area contributed by atoms with Crippen LogP contribution in [0, 0.1) is 19.3 Å². The molecule has 9 aromatic heterocycles. The van der Waals surface area contributed by atoms with Crippen molar-refractivity contribution in [3.8, 4) is 23.8 Å². The average molecular weight is 2140 g/mol. The molecule has 0 saturated carbocycles. The molecule has 11 heterocycles. The number of terminal acetylenes is 1. The molecule has 0 spiro atoms. The van der Waals surface area contributed by atoms with Crippen molar-refractivity contribution in [3.63, 3.8) is 0 Å². The normalized spacial score (nSPS) is 18.2. The number of fused-ring (bicyclic) bond motifs is 19. The van der Waals surface area contributed by atoms with Gasteiger partial charge in [0.15, 0.2) is 17.8 Å². The van der Waals surface area contributed by atoms with Gasteiger partial charge >= 0.3 is 0 Å². The molecule has 8 N–H and O–H groups in total. The van der Waals surface area contributed by atoms with E-state index in [2.05, 4.69) is 282 Å². The average Bonchev–Trinajstić information content (AvgIpc) is 1.59. The Balaban J connectivity index is 0.000000100. The number of amides is 3. The first-order valence-corrected chi connectivity index (χ1v) is 52.6. The Kier molecular flexibility index (Phi) is 27.3. The monoisotopic (exact) mass is 2130 g/mol. The summed E-state index contributed by atoms with van der Waals surface area (Å²) < 4.78 is 21.8. The van der Waals surface area contributed by atoms with Gasteiger partial charge in [-0.15, -0.1) is 6.42 Å². The van der Waals surface area contributed by atoms with E-state index in [1.54, 1.807) is 56.7 Å². The number of carbonyl (C=O) groups excluding carboxylic acids is 4. The van der Waals surface area contributed by atoms with Crippen molar-refractivity contribution in [3.05, 3.63) is 361 Å². The molecule has 710 valence electrons. The van der Waals surface area contributed by atoms with E-state index in [-0.39, 0.29) is 29.8 Å². The molecule has 2 aliphatic heterocycles. The Morgan fingerprint density at radius 3 is 1.36 bits per heavy atom. The van der Waals surface area contributed by atoms with E-state index < -0.39 is 0 Å². The minimum atomic E-state index is -0.220. The number of H-pyrrole nitrogens is 6.